The first-order valence-electron chi connectivity index (χ1n) is 7.45. The lowest BCUT2D eigenvalue weighted by atomic mass is 10.0. The van der Waals surface area contributed by atoms with Crippen molar-refractivity contribution in [3.05, 3.63) is 72.7 Å². The lowest BCUT2D eigenvalue weighted by Gasteiger charge is -2.06. The molecule has 1 N–H and O–H groups in total. The molecule has 0 aliphatic heterocycles. The van der Waals surface area contributed by atoms with Crippen LogP contribution in [0.15, 0.2) is 70.1 Å². The number of aromatic nitrogens is 2. The number of benzene rings is 1. The summed E-state index contributed by atoms with van der Waals surface area (Å²) in [5, 5.41) is 11.3. The number of carbonyl (C=O) groups excluding carboxylic acids is 1. The molecule has 0 fully saturated rings. The summed E-state index contributed by atoms with van der Waals surface area (Å²) in [5.74, 6) is 1.09. The molecule has 0 aliphatic carbocycles. The highest BCUT2D eigenvalue weighted by Gasteiger charge is 2.15. The molecule has 0 aliphatic rings. The normalized spacial score (nSPS) is 11.3. The zero-order chi connectivity index (χ0) is 17.5. The molecule has 0 bridgehead atoms. The molecular weight excluding hydrogens is 354 g/mol. The topological polar surface area (TPSA) is 68.0 Å². The molecule has 0 spiro atoms. The Labute approximate surface area is 153 Å². The Morgan fingerprint density at radius 2 is 2.08 bits per heavy atom. The third-order valence-corrected chi connectivity index (χ3v) is 5.08. The second-order valence-corrected chi connectivity index (χ2v) is 7.11. The van der Waals surface area contributed by atoms with Crippen molar-refractivity contribution in [2.24, 2.45) is 0 Å². The number of thioether (sulfide) groups is 1. The van der Waals surface area contributed by atoms with Gasteiger partial charge in [0.1, 0.15) is 5.76 Å². The number of rotatable bonds is 7. The third-order valence-electron chi connectivity index (χ3n) is 3.11. The van der Waals surface area contributed by atoms with Crippen LogP contribution in [0.3, 0.4) is 0 Å². The van der Waals surface area contributed by atoms with Crippen molar-refractivity contribution < 1.29 is 9.21 Å². The van der Waals surface area contributed by atoms with Crippen molar-refractivity contribution in [2.75, 3.05) is 11.1 Å². The van der Waals surface area contributed by atoms with Crippen molar-refractivity contribution >= 4 is 45.8 Å². The third kappa shape index (κ3) is 4.68. The zero-order valence-corrected chi connectivity index (χ0v) is 14.8. The summed E-state index contributed by atoms with van der Waals surface area (Å²) < 4.78 is 6.12. The molecular formula is C18H15N3O2S2. The quantitative estimate of drug-likeness (QED) is 0.286. The van der Waals surface area contributed by atoms with Gasteiger partial charge in [-0.2, -0.15) is 0 Å². The van der Waals surface area contributed by atoms with Crippen molar-refractivity contribution in [2.45, 2.75) is 4.34 Å². The highest BCUT2D eigenvalue weighted by atomic mass is 32.2. The van der Waals surface area contributed by atoms with Gasteiger partial charge in [0.15, 0.2) is 4.34 Å². The summed E-state index contributed by atoms with van der Waals surface area (Å²) in [6, 6.07) is 13.0. The van der Waals surface area contributed by atoms with Gasteiger partial charge in [0, 0.05) is 5.75 Å². The van der Waals surface area contributed by atoms with E-state index in [4.69, 9.17) is 4.42 Å². The van der Waals surface area contributed by atoms with Gasteiger partial charge in [-0.1, -0.05) is 59.5 Å². The van der Waals surface area contributed by atoms with Crippen LogP contribution in [0, 0.1) is 0 Å². The Bertz CT molecular complexity index is 871. The summed E-state index contributed by atoms with van der Waals surface area (Å²) in [5.41, 5.74) is 1.29. The fourth-order valence-corrected chi connectivity index (χ4v) is 3.53. The van der Waals surface area contributed by atoms with E-state index < -0.39 is 0 Å². The molecule has 3 aromatic rings. The standard InChI is InChI=1S/C18H15N3O2S2/c1-2-11-24-18-21-20-17(25-18)19-16(22)15(12-14-9-6-10-23-14)13-7-4-3-5-8-13/h2-10,12H,1,11H2,(H,19,20,22)/b15-12+. The smallest absolute Gasteiger partial charge is 0.258 e. The molecule has 5 nitrogen and oxygen atoms in total. The van der Waals surface area contributed by atoms with Crippen LogP contribution in [0.1, 0.15) is 11.3 Å². The SMILES string of the molecule is C=CCSc1nnc(NC(=O)/C(=C/c2ccco2)c2ccccc2)s1. The predicted octanol–water partition coefficient (Wildman–Crippen LogP) is 4.59. The van der Waals surface area contributed by atoms with Gasteiger partial charge in [-0.3, -0.25) is 10.1 Å². The second-order valence-electron chi connectivity index (χ2n) is 4.87. The average molecular weight is 369 g/mol. The Morgan fingerprint density at radius 1 is 1.24 bits per heavy atom. The van der Waals surface area contributed by atoms with Crippen LogP contribution in [0.2, 0.25) is 0 Å². The van der Waals surface area contributed by atoms with Crippen molar-refractivity contribution in [1.29, 1.82) is 0 Å². The summed E-state index contributed by atoms with van der Waals surface area (Å²) in [7, 11) is 0. The summed E-state index contributed by atoms with van der Waals surface area (Å²) in [6.45, 7) is 3.67. The van der Waals surface area contributed by atoms with Crippen LogP contribution in [0.5, 0.6) is 0 Å². The van der Waals surface area contributed by atoms with Crippen LogP contribution in [0.4, 0.5) is 5.13 Å². The van der Waals surface area contributed by atoms with Gasteiger partial charge >= 0.3 is 0 Å². The zero-order valence-electron chi connectivity index (χ0n) is 13.2. The highest BCUT2D eigenvalue weighted by Crippen LogP contribution is 2.27. The molecule has 1 aromatic carbocycles. The molecule has 2 heterocycles. The number of nitrogens with one attached hydrogen (secondary N) is 1. The van der Waals surface area contributed by atoms with Crippen molar-refractivity contribution in [1.82, 2.24) is 10.2 Å². The molecule has 2 aromatic heterocycles. The minimum atomic E-state index is -0.265. The number of carbonyl (C=O) groups is 1. The average Bonchev–Trinajstić information content (AvgIpc) is 3.30. The number of nitrogens with zero attached hydrogens (tertiary/aromatic N) is 2. The van der Waals surface area contributed by atoms with Crippen LogP contribution < -0.4 is 5.32 Å². The molecule has 0 unspecified atom stereocenters. The minimum absolute atomic E-state index is 0.265. The fraction of sp³-hybridized carbons (Fsp3) is 0.0556. The minimum Gasteiger partial charge on any atom is -0.465 e. The van der Waals surface area contributed by atoms with Gasteiger partial charge in [-0.25, -0.2) is 0 Å². The predicted molar refractivity (Wildman–Crippen MR) is 102 cm³/mol. The molecule has 3 rings (SSSR count). The van der Waals surface area contributed by atoms with Crippen molar-refractivity contribution in [3.8, 4) is 0 Å². The van der Waals surface area contributed by atoms with E-state index in [0.717, 1.165) is 15.7 Å². The molecule has 126 valence electrons. The van der Waals surface area contributed by atoms with Gasteiger partial charge in [-0.05, 0) is 23.8 Å². The van der Waals surface area contributed by atoms with Crippen LogP contribution in [0.25, 0.3) is 11.6 Å². The Hall–Kier alpha value is -2.64. The van der Waals surface area contributed by atoms with Gasteiger partial charge in [-0.15, -0.1) is 16.8 Å². The fourth-order valence-electron chi connectivity index (χ4n) is 2.03. The summed E-state index contributed by atoms with van der Waals surface area (Å²) >= 11 is 2.85. The second kappa shape index (κ2) is 8.46. The number of hydrogen-bond acceptors (Lipinski definition) is 6. The van der Waals surface area contributed by atoms with E-state index in [9.17, 15) is 4.79 Å². The maximum absolute atomic E-state index is 12.8. The first kappa shape index (κ1) is 17.2. The monoisotopic (exact) mass is 369 g/mol. The molecule has 0 atom stereocenters. The van der Waals surface area contributed by atoms with E-state index in [1.54, 1.807) is 30.5 Å². The van der Waals surface area contributed by atoms with E-state index in [0.29, 0.717) is 16.5 Å². The van der Waals surface area contributed by atoms with E-state index in [2.05, 4.69) is 22.1 Å². The van der Waals surface area contributed by atoms with Gasteiger partial charge in [0.2, 0.25) is 5.13 Å². The molecule has 1 amide bonds. The van der Waals surface area contributed by atoms with Crippen LogP contribution in [-0.2, 0) is 4.79 Å². The molecule has 0 saturated heterocycles. The summed E-state index contributed by atoms with van der Waals surface area (Å²) in [6.07, 6.45) is 5.07. The molecule has 25 heavy (non-hydrogen) atoms. The first-order chi connectivity index (χ1) is 12.3. The van der Waals surface area contributed by atoms with E-state index in [1.165, 1.54) is 23.1 Å². The molecule has 7 heteroatoms. The largest absolute Gasteiger partial charge is 0.465 e. The maximum Gasteiger partial charge on any atom is 0.258 e. The summed E-state index contributed by atoms with van der Waals surface area (Å²) in [4.78, 5) is 12.8. The van der Waals surface area contributed by atoms with Gasteiger partial charge in [0.25, 0.3) is 5.91 Å². The van der Waals surface area contributed by atoms with Crippen molar-refractivity contribution in [3.63, 3.8) is 0 Å². The van der Waals surface area contributed by atoms with E-state index >= 15 is 0 Å². The Balaban J connectivity index is 1.82. The number of amides is 1. The highest BCUT2D eigenvalue weighted by molar-refractivity contribution is 8.01. The molecule has 0 saturated carbocycles. The maximum atomic E-state index is 12.8. The molecule has 0 radical (unpaired) electrons. The number of hydrogen-bond donors (Lipinski definition) is 1. The number of anilines is 1. The lowest BCUT2D eigenvalue weighted by Crippen LogP contribution is -2.13. The van der Waals surface area contributed by atoms with Crippen LogP contribution in [-0.4, -0.2) is 21.9 Å². The van der Waals surface area contributed by atoms with E-state index in [1.807, 2.05) is 30.3 Å². The van der Waals surface area contributed by atoms with Gasteiger partial charge in [0.05, 0.1) is 11.8 Å². The Kier molecular flexibility index (Phi) is 5.81. The van der Waals surface area contributed by atoms with Gasteiger partial charge < -0.3 is 4.42 Å². The van der Waals surface area contributed by atoms with Crippen LogP contribution >= 0.6 is 23.1 Å². The first-order valence-corrected chi connectivity index (χ1v) is 9.25. The number of furan rings is 1. The lowest BCUT2D eigenvalue weighted by molar-refractivity contribution is -0.111. The van der Waals surface area contributed by atoms with E-state index in [-0.39, 0.29) is 5.91 Å². The Morgan fingerprint density at radius 3 is 2.80 bits per heavy atom.